The number of H-pyrrole nitrogens is 1. The predicted molar refractivity (Wildman–Crippen MR) is 161 cm³/mol. The zero-order valence-corrected chi connectivity index (χ0v) is 24.4. The van der Waals surface area contributed by atoms with Gasteiger partial charge in [0.25, 0.3) is 10.0 Å². The van der Waals surface area contributed by atoms with Crippen molar-refractivity contribution in [1.82, 2.24) is 15.1 Å². The van der Waals surface area contributed by atoms with Gasteiger partial charge >= 0.3 is 0 Å². The monoisotopic (exact) mass is 587 g/mol. The minimum atomic E-state index is -3.84. The molecule has 0 bridgehead atoms. The smallest absolute Gasteiger partial charge is 0.263 e. The van der Waals surface area contributed by atoms with Gasteiger partial charge in [0.1, 0.15) is 5.76 Å². The van der Waals surface area contributed by atoms with Gasteiger partial charge in [0, 0.05) is 35.1 Å². The molecule has 0 spiro atoms. The lowest BCUT2D eigenvalue weighted by atomic mass is 10.0. The van der Waals surface area contributed by atoms with Crippen LogP contribution in [0.4, 0.5) is 11.5 Å². The van der Waals surface area contributed by atoms with Crippen LogP contribution in [0.1, 0.15) is 23.3 Å². The van der Waals surface area contributed by atoms with Crippen molar-refractivity contribution in [3.05, 3.63) is 95.7 Å². The number of nitrogens with zero attached hydrogens (tertiary/aromatic N) is 2. The van der Waals surface area contributed by atoms with Gasteiger partial charge in [-0.1, -0.05) is 76.6 Å². The summed E-state index contributed by atoms with van der Waals surface area (Å²) in [5.41, 5.74) is 6.71. The second-order valence-corrected chi connectivity index (χ2v) is 12.4. The molecule has 0 aliphatic heterocycles. The van der Waals surface area contributed by atoms with Crippen molar-refractivity contribution in [1.29, 1.82) is 0 Å². The van der Waals surface area contributed by atoms with E-state index < -0.39 is 10.0 Å². The average molecular weight is 588 g/mol. The number of rotatable bonds is 10. The van der Waals surface area contributed by atoms with Gasteiger partial charge in [0.05, 0.1) is 16.3 Å². The SMILES string of the molecule is Cc1ccc(-c2nc(SCCC(=O)Nc3ccc(S(=O)(=O)Nc4cc(C)on4)cc3)[nH]c2-c2ccc(C)cc2)cc1. The normalized spacial score (nSPS) is 11.4. The van der Waals surface area contributed by atoms with E-state index in [0.29, 0.717) is 17.2 Å². The van der Waals surface area contributed by atoms with Crippen LogP contribution in [0.15, 0.2) is 93.4 Å². The number of carbonyl (C=O) groups is 1. The Labute approximate surface area is 242 Å². The Morgan fingerprint density at radius 1 is 0.902 bits per heavy atom. The third kappa shape index (κ3) is 7.05. The van der Waals surface area contributed by atoms with E-state index in [-0.39, 0.29) is 23.0 Å². The van der Waals surface area contributed by atoms with Gasteiger partial charge in [0.2, 0.25) is 5.91 Å². The van der Waals surface area contributed by atoms with Gasteiger partial charge in [-0.05, 0) is 45.0 Å². The standard InChI is InChI=1S/C30H29N5O4S2/c1-19-4-8-22(9-5-19)28-29(23-10-6-20(2)7-11-23)33-30(32-28)40-17-16-27(36)31-24-12-14-25(15-13-24)41(37,38)35-26-18-21(3)39-34-26/h4-15,18H,16-17H2,1-3H3,(H,31,36)(H,32,33)(H,34,35). The number of benzene rings is 3. The van der Waals surface area contributed by atoms with Gasteiger partial charge in [-0.15, -0.1) is 0 Å². The minimum Gasteiger partial charge on any atom is -0.360 e. The van der Waals surface area contributed by atoms with Crippen LogP contribution in [0.25, 0.3) is 22.5 Å². The first kappa shape index (κ1) is 28.2. The van der Waals surface area contributed by atoms with Crippen molar-refractivity contribution in [2.75, 3.05) is 15.8 Å². The Morgan fingerprint density at radius 2 is 1.54 bits per heavy atom. The van der Waals surface area contributed by atoms with Crippen LogP contribution in [-0.2, 0) is 14.8 Å². The fraction of sp³-hybridized carbons (Fsp3) is 0.167. The molecule has 41 heavy (non-hydrogen) atoms. The Morgan fingerprint density at radius 3 is 2.15 bits per heavy atom. The highest BCUT2D eigenvalue weighted by atomic mass is 32.2. The number of hydrogen-bond donors (Lipinski definition) is 3. The fourth-order valence-corrected chi connectivity index (χ4v) is 5.86. The highest BCUT2D eigenvalue weighted by Crippen LogP contribution is 2.33. The van der Waals surface area contributed by atoms with E-state index >= 15 is 0 Å². The zero-order chi connectivity index (χ0) is 29.0. The predicted octanol–water partition coefficient (Wildman–Crippen LogP) is 6.58. The number of anilines is 2. The second-order valence-electron chi connectivity index (χ2n) is 9.60. The number of sulfonamides is 1. The summed E-state index contributed by atoms with van der Waals surface area (Å²) in [7, 11) is -3.84. The maximum absolute atomic E-state index is 12.6. The summed E-state index contributed by atoms with van der Waals surface area (Å²) in [5, 5.41) is 7.19. The molecule has 0 aliphatic carbocycles. The van der Waals surface area contributed by atoms with Crippen LogP contribution in [0.5, 0.6) is 0 Å². The van der Waals surface area contributed by atoms with Crippen LogP contribution in [0.3, 0.4) is 0 Å². The lowest BCUT2D eigenvalue weighted by molar-refractivity contribution is -0.115. The molecule has 3 aromatic carbocycles. The number of amides is 1. The van der Waals surface area contributed by atoms with Crippen molar-refractivity contribution in [2.24, 2.45) is 0 Å². The Balaban J connectivity index is 1.20. The van der Waals surface area contributed by atoms with Crippen molar-refractivity contribution in [3.63, 3.8) is 0 Å². The maximum Gasteiger partial charge on any atom is 0.263 e. The minimum absolute atomic E-state index is 0.0401. The third-order valence-corrected chi connectivity index (χ3v) is 8.48. The average Bonchev–Trinajstić information content (AvgIpc) is 3.55. The van der Waals surface area contributed by atoms with Gasteiger partial charge in [-0.2, -0.15) is 0 Å². The lowest BCUT2D eigenvalue weighted by Crippen LogP contribution is -2.14. The number of thioether (sulfide) groups is 1. The highest BCUT2D eigenvalue weighted by molar-refractivity contribution is 7.99. The molecule has 0 aliphatic rings. The van der Waals surface area contributed by atoms with Crippen LogP contribution in [0.2, 0.25) is 0 Å². The number of aromatic amines is 1. The molecule has 0 radical (unpaired) electrons. The van der Waals surface area contributed by atoms with Crippen molar-refractivity contribution in [2.45, 2.75) is 37.2 Å². The first-order valence-electron chi connectivity index (χ1n) is 12.9. The maximum atomic E-state index is 12.6. The topological polar surface area (TPSA) is 130 Å². The van der Waals surface area contributed by atoms with Crippen LogP contribution >= 0.6 is 11.8 Å². The molecule has 3 N–H and O–H groups in total. The number of aryl methyl sites for hydroxylation is 3. The van der Waals surface area contributed by atoms with Gasteiger partial charge in [0.15, 0.2) is 11.0 Å². The summed E-state index contributed by atoms with van der Waals surface area (Å²) in [6.45, 7) is 5.77. The van der Waals surface area contributed by atoms with E-state index in [2.05, 4.69) is 82.6 Å². The molecule has 0 fully saturated rings. The molecule has 0 unspecified atom stereocenters. The summed E-state index contributed by atoms with van der Waals surface area (Å²) in [4.78, 5) is 20.9. The third-order valence-electron chi connectivity index (χ3n) is 6.23. The lowest BCUT2D eigenvalue weighted by Gasteiger charge is -2.08. The molecule has 210 valence electrons. The molecular formula is C30H29N5O4S2. The molecule has 9 nitrogen and oxygen atoms in total. The molecular weight excluding hydrogens is 558 g/mol. The largest absolute Gasteiger partial charge is 0.360 e. The van der Waals surface area contributed by atoms with Crippen molar-refractivity contribution >= 4 is 39.2 Å². The molecule has 5 rings (SSSR count). The number of hydrogen-bond acceptors (Lipinski definition) is 7. The van der Waals surface area contributed by atoms with E-state index in [9.17, 15) is 13.2 Å². The van der Waals surface area contributed by atoms with Gasteiger partial charge in [-0.25, -0.2) is 13.4 Å². The summed E-state index contributed by atoms with van der Waals surface area (Å²) in [5.74, 6) is 0.914. The van der Waals surface area contributed by atoms with E-state index in [0.717, 1.165) is 27.7 Å². The van der Waals surface area contributed by atoms with Crippen LogP contribution in [-0.4, -0.2) is 35.2 Å². The van der Waals surface area contributed by atoms with Gasteiger partial charge < -0.3 is 14.8 Å². The summed E-state index contributed by atoms with van der Waals surface area (Å²) in [6, 6.07) is 24.0. The molecule has 0 saturated carbocycles. The first-order valence-corrected chi connectivity index (χ1v) is 15.4. The summed E-state index contributed by atoms with van der Waals surface area (Å²) < 4.78 is 32.4. The van der Waals surface area contributed by atoms with Crippen molar-refractivity contribution in [3.8, 4) is 22.5 Å². The molecule has 5 aromatic rings. The highest BCUT2D eigenvalue weighted by Gasteiger charge is 2.17. The first-order chi connectivity index (χ1) is 19.7. The fourth-order valence-electron chi connectivity index (χ4n) is 4.06. The molecule has 2 aromatic heterocycles. The Bertz CT molecular complexity index is 1700. The summed E-state index contributed by atoms with van der Waals surface area (Å²) in [6.07, 6.45) is 0.248. The van der Waals surface area contributed by atoms with Crippen LogP contribution < -0.4 is 10.0 Å². The molecule has 0 saturated heterocycles. The quantitative estimate of drug-likeness (QED) is 0.157. The van der Waals surface area contributed by atoms with E-state index in [1.165, 1.54) is 41.1 Å². The zero-order valence-electron chi connectivity index (χ0n) is 22.8. The van der Waals surface area contributed by atoms with Crippen molar-refractivity contribution < 1.29 is 17.7 Å². The number of nitrogens with one attached hydrogen (secondary N) is 3. The van der Waals surface area contributed by atoms with E-state index in [1.54, 1.807) is 19.1 Å². The van der Waals surface area contributed by atoms with Crippen LogP contribution in [0, 0.1) is 20.8 Å². The molecule has 11 heteroatoms. The molecule has 2 heterocycles. The molecule has 1 amide bonds. The molecule has 0 atom stereocenters. The number of carbonyl (C=O) groups excluding carboxylic acids is 1. The van der Waals surface area contributed by atoms with E-state index in [4.69, 9.17) is 9.51 Å². The van der Waals surface area contributed by atoms with E-state index in [1.807, 2.05) is 0 Å². The Kier molecular flexibility index (Phi) is 8.27. The Hall–Kier alpha value is -4.35. The number of aromatic nitrogens is 3. The van der Waals surface area contributed by atoms with Gasteiger partial charge in [-0.3, -0.25) is 9.52 Å². The number of imidazole rings is 1. The second kappa shape index (κ2) is 12.0. The summed E-state index contributed by atoms with van der Waals surface area (Å²) >= 11 is 1.47.